The molecular weight excluding hydrogens is 361 g/mol. The van der Waals surface area contributed by atoms with E-state index in [1.807, 2.05) is 27.7 Å². The molecule has 1 amide bonds. The van der Waals surface area contributed by atoms with Crippen molar-refractivity contribution in [1.82, 2.24) is 4.90 Å². The molecule has 154 valence electrons. The summed E-state index contributed by atoms with van der Waals surface area (Å²) in [4.78, 5) is 14.3. The van der Waals surface area contributed by atoms with Gasteiger partial charge in [-0.05, 0) is 58.2 Å². The van der Waals surface area contributed by atoms with Gasteiger partial charge in [0.05, 0.1) is 12.6 Å². The van der Waals surface area contributed by atoms with Crippen LogP contribution >= 0.6 is 0 Å². The Hall–Kier alpha value is -1.64. The number of aryl methyl sites for hydroxylation is 1. The zero-order valence-electron chi connectivity index (χ0n) is 16.5. The number of halogens is 3. The Kier molecular flexibility index (Phi) is 9.21. The normalized spacial score (nSPS) is 12.7. The number of ether oxygens (including phenoxy) is 2. The Morgan fingerprint density at radius 1 is 1.15 bits per heavy atom. The zero-order chi connectivity index (χ0) is 20.7. The summed E-state index contributed by atoms with van der Waals surface area (Å²) >= 11 is 0. The van der Waals surface area contributed by atoms with E-state index in [9.17, 15) is 18.0 Å². The van der Waals surface area contributed by atoms with Gasteiger partial charge in [0.15, 0.2) is 23.7 Å². The first-order chi connectivity index (χ1) is 12.6. The Balaban J connectivity index is 2.98. The fourth-order valence-corrected chi connectivity index (χ4v) is 2.76. The van der Waals surface area contributed by atoms with Crippen LogP contribution in [0, 0.1) is 24.4 Å². The van der Waals surface area contributed by atoms with Gasteiger partial charge >= 0.3 is 0 Å². The van der Waals surface area contributed by atoms with Gasteiger partial charge in [-0.1, -0.05) is 0 Å². The standard InChI is InChI=1S/C19H29F3N2O3/c1-6-26-16(27-7-2)10-24(11(3)4)19(25)15(23)9-13-12(5)8-14(20)18(22)17(13)21/h8,11,15-16H,6-7,9-10,23H2,1-5H3. The number of carbonyl (C=O) groups is 1. The Morgan fingerprint density at radius 3 is 2.19 bits per heavy atom. The van der Waals surface area contributed by atoms with Gasteiger partial charge in [-0.15, -0.1) is 0 Å². The number of benzene rings is 1. The van der Waals surface area contributed by atoms with Crippen molar-refractivity contribution in [2.45, 2.75) is 59.4 Å². The lowest BCUT2D eigenvalue weighted by atomic mass is 9.99. The Bertz CT molecular complexity index is 635. The second kappa shape index (κ2) is 10.6. The maximum Gasteiger partial charge on any atom is 0.240 e. The van der Waals surface area contributed by atoms with Crippen LogP contribution in [0.25, 0.3) is 0 Å². The molecule has 5 nitrogen and oxygen atoms in total. The van der Waals surface area contributed by atoms with Crippen molar-refractivity contribution in [2.24, 2.45) is 5.73 Å². The molecule has 27 heavy (non-hydrogen) atoms. The highest BCUT2D eigenvalue weighted by molar-refractivity contribution is 5.82. The molecule has 0 bridgehead atoms. The Labute approximate surface area is 158 Å². The minimum atomic E-state index is -1.57. The number of nitrogens with zero attached hydrogens (tertiary/aromatic N) is 1. The summed E-state index contributed by atoms with van der Waals surface area (Å²) in [6.07, 6.45) is -0.856. The van der Waals surface area contributed by atoms with E-state index in [-0.39, 0.29) is 30.1 Å². The summed E-state index contributed by atoms with van der Waals surface area (Å²) in [5.74, 6) is -4.59. The highest BCUT2D eigenvalue weighted by Crippen LogP contribution is 2.21. The minimum absolute atomic E-state index is 0.107. The van der Waals surface area contributed by atoms with Crippen LogP contribution in [-0.2, 0) is 20.7 Å². The van der Waals surface area contributed by atoms with E-state index in [2.05, 4.69) is 0 Å². The molecule has 1 aromatic rings. The number of nitrogens with two attached hydrogens (primary N) is 1. The molecule has 2 N–H and O–H groups in total. The molecule has 1 aromatic carbocycles. The van der Waals surface area contributed by atoms with Crippen molar-refractivity contribution in [3.05, 3.63) is 34.6 Å². The van der Waals surface area contributed by atoms with Gasteiger partial charge in [-0.2, -0.15) is 0 Å². The van der Waals surface area contributed by atoms with E-state index in [1.54, 1.807) is 0 Å². The molecule has 0 aliphatic carbocycles. The quantitative estimate of drug-likeness (QED) is 0.493. The molecule has 1 atom stereocenters. The summed E-state index contributed by atoms with van der Waals surface area (Å²) in [7, 11) is 0. The van der Waals surface area contributed by atoms with E-state index in [4.69, 9.17) is 15.2 Å². The van der Waals surface area contributed by atoms with Gasteiger partial charge in [-0.25, -0.2) is 13.2 Å². The first-order valence-electron chi connectivity index (χ1n) is 9.06. The molecule has 0 aliphatic rings. The van der Waals surface area contributed by atoms with Gasteiger partial charge in [-0.3, -0.25) is 4.79 Å². The lowest BCUT2D eigenvalue weighted by molar-refractivity contribution is -0.162. The van der Waals surface area contributed by atoms with Crippen LogP contribution in [0.15, 0.2) is 6.07 Å². The summed E-state index contributed by atoms with van der Waals surface area (Å²) in [6, 6.07) is -0.428. The van der Waals surface area contributed by atoms with Crippen molar-refractivity contribution in [1.29, 1.82) is 0 Å². The second-order valence-electron chi connectivity index (χ2n) is 6.52. The molecule has 0 saturated carbocycles. The average molecular weight is 390 g/mol. The lowest BCUT2D eigenvalue weighted by Gasteiger charge is -2.32. The number of rotatable bonds is 10. The number of amides is 1. The van der Waals surface area contributed by atoms with Crippen LogP contribution in [0.5, 0.6) is 0 Å². The van der Waals surface area contributed by atoms with Crippen molar-refractivity contribution in [3.63, 3.8) is 0 Å². The first-order valence-corrected chi connectivity index (χ1v) is 9.06. The third kappa shape index (κ3) is 6.19. The molecular formula is C19H29F3N2O3. The van der Waals surface area contributed by atoms with Crippen LogP contribution in [0.2, 0.25) is 0 Å². The van der Waals surface area contributed by atoms with E-state index < -0.39 is 35.7 Å². The van der Waals surface area contributed by atoms with Gasteiger partial charge in [0.2, 0.25) is 5.91 Å². The monoisotopic (exact) mass is 390 g/mol. The predicted octanol–water partition coefficient (Wildman–Crippen LogP) is 2.92. The summed E-state index contributed by atoms with van der Waals surface area (Å²) in [5, 5.41) is 0. The van der Waals surface area contributed by atoms with Crippen LogP contribution in [0.1, 0.15) is 38.8 Å². The molecule has 8 heteroatoms. The molecule has 0 fully saturated rings. The van der Waals surface area contributed by atoms with Crippen LogP contribution in [-0.4, -0.2) is 48.9 Å². The topological polar surface area (TPSA) is 64.8 Å². The third-order valence-corrected chi connectivity index (χ3v) is 4.19. The predicted molar refractivity (Wildman–Crippen MR) is 96.6 cm³/mol. The molecule has 0 radical (unpaired) electrons. The molecule has 0 aliphatic heterocycles. The van der Waals surface area contributed by atoms with Crippen LogP contribution in [0.4, 0.5) is 13.2 Å². The fraction of sp³-hybridized carbons (Fsp3) is 0.632. The van der Waals surface area contributed by atoms with Crippen LogP contribution in [0.3, 0.4) is 0 Å². The lowest BCUT2D eigenvalue weighted by Crippen LogP contribution is -2.51. The highest BCUT2D eigenvalue weighted by atomic mass is 19.2. The summed E-state index contributed by atoms with van der Waals surface area (Å²) < 4.78 is 51.8. The van der Waals surface area contributed by atoms with E-state index in [1.165, 1.54) is 11.8 Å². The molecule has 0 heterocycles. The summed E-state index contributed by atoms with van der Waals surface area (Å²) in [5.41, 5.74) is 6.08. The molecule has 0 saturated heterocycles. The van der Waals surface area contributed by atoms with Crippen LogP contribution < -0.4 is 5.73 Å². The molecule has 1 unspecified atom stereocenters. The third-order valence-electron chi connectivity index (χ3n) is 4.19. The van der Waals surface area contributed by atoms with Crippen molar-refractivity contribution in [3.8, 4) is 0 Å². The van der Waals surface area contributed by atoms with Gasteiger partial charge in [0.1, 0.15) is 0 Å². The van der Waals surface area contributed by atoms with E-state index in [0.717, 1.165) is 6.07 Å². The van der Waals surface area contributed by atoms with Crippen molar-refractivity contribution < 1.29 is 27.4 Å². The summed E-state index contributed by atoms with van der Waals surface area (Å²) in [6.45, 7) is 9.67. The van der Waals surface area contributed by atoms with Gasteiger partial charge in [0.25, 0.3) is 0 Å². The van der Waals surface area contributed by atoms with E-state index >= 15 is 0 Å². The smallest absolute Gasteiger partial charge is 0.240 e. The molecule has 0 aromatic heterocycles. The zero-order valence-corrected chi connectivity index (χ0v) is 16.5. The van der Waals surface area contributed by atoms with Crippen molar-refractivity contribution in [2.75, 3.05) is 19.8 Å². The van der Waals surface area contributed by atoms with Gasteiger partial charge < -0.3 is 20.1 Å². The molecule has 1 rings (SSSR count). The maximum atomic E-state index is 14.1. The largest absolute Gasteiger partial charge is 0.351 e. The Morgan fingerprint density at radius 2 is 1.70 bits per heavy atom. The second-order valence-corrected chi connectivity index (χ2v) is 6.52. The molecule has 0 spiro atoms. The average Bonchev–Trinajstić information content (AvgIpc) is 2.60. The SMILES string of the molecule is CCOC(CN(C(=O)C(N)Cc1c(C)cc(F)c(F)c1F)C(C)C)OCC. The van der Waals surface area contributed by atoms with Crippen molar-refractivity contribution >= 4 is 5.91 Å². The fourth-order valence-electron chi connectivity index (χ4n) is 2.76. The maximum absolute atomic E-state index is 14.1. The highest BCUT2D eigenvalue weighted by Gasteiger charge is 2.28. The number of hydrogen-bond donors (Lipinski definition) is 1. The number of hydrogen-bond acceptors (Lipinski definition) is 4. The van der Waals surface area contributed by atoms with E-state index in [0.29, 0.717) is 13.2 Å². The van der Waals surface area contributed by atoms with Gasteiger partial charge in [0, 0.05) is 19.3 Å². The number of carbonyl (C=O) groups excluding carboxylic acids is 1. The first kappa shape index (κ1) is 23.4. The minimum Gasteiger partial charge on any atom is -0.351 e.